The number of aromatic amines is 2. The molecule has 0 saturated carbocycles. The molecule has 2 aromatic heterocycles. The van der Waals surface area contributed by atoms with Gasteiger partial charge in [0.05, 0.1) is 29.2 Å². The van der Waals surface area contributed by atoms with E-state index < -0.39 is 6.09 Å². The Kier molecular flexibility index (Phi) is 5.35. The van der Waals surface area contributed by atoms with Crippen molar-refractivity contribution in [3.63, 3.8) is 0 Å². The predicted octanol–water partition coefficient (Wildman–Crippen LogP) is 4.05. The van der Waals surface area contributed by atoms with Crippen LogP contribution in [0.5, 0.6) is 0 Å². The first-order chi connectivity index (χ1) is 16.6. The molecule has 168 valence electrons. The van der Waals surface area contributed by atoms with Gasteiger partial charge < -0.3 is 9.72 Å². The Bertz CT molecular complexity index is 1620. The molecule has 1 amide bonds. The third kappa shape index (κ3) is 3.90. The van der Waals surface area contributed by atoms with Gasteiger partial charge in [0.25, 0.3) is 5.56 Å². The second kappa shape index (κ2) is 8.62. The van der Waals surface area contributed by atoms with E-state index >= 15 is 0 Å². The Morgan fingerprint density at radius 3 is 2.71 bits per heavy atom. The van der Waals surface area contributed by atoms with Crippen LogP contribution in [0.15, 0.2) is 65.5 Å². The summed E-state index contributed by atoms with van der Waals surface area (Å²) in [5.74, 6) is 0.263. The number of nitrogens with zero attached hydrogens (tertiary/aromatic N) is 2. The SMILES string of the molecule is COC(=O)Nc1nc2ccc(-c3cc(Cc4n[nH]c(=O)c5ccccc45)ccc3C=O)cc2[nH]1. The number of carbonyl (C=O) groups excluding carboxylic acids is 2. The number of H-pyrrole nitrogens is 2. The van der Waals surface area contributed by atoms with Crippen LogP contribution in [0.1, 0.15) is 21.6 Å². The number of methoxy groups -OCH3 is 1. The lowest BCUT2D eigenvalue weighted by atomic mass is 9.95. The largest absolute Gasteiger partial charge is 0.453 e. The molecule has 3 N–H and O–H groups in total. The third-order valence-electron chi connectivity index (χ3n) is 5.59. The summed E-state index contributed by atoms with van der Waals surface area (Å²) < 4.78 is 4.60. The third-order valence-corrected chi connectivity index (χ3v) is 5.59. The van der Waals surface area contributed by atoms with E-state index in [2.05, 4.69) is 30.2 Å². The van der Waals surface area contributed by atoms with Gasteiger partial charge >= 0.3 is 6.09 Å². The fourth-order valence-corrected chi connectivity index (χ4v) is 3.95. The predicted molar refractivity (Wildman–Crippen MR) is 128 cm³/mol. The molecule has 0 fully saturated rings. The molecule has 5 rings (SSSR count). The van der Waals surface area contributed by atoms with Gasteiger partial charge in [-0.15, -0.1) is 0 Å². The van der Waals surface area contributed by atoms with Gasteiger partial charge in [-0.05, 0) is 34.9 Å². The van der Waals surface area contributed by atoms with Gasteiger partial charge in [0.15, 0.2) is 6.29 Å². The normalized spacial score (nSPS) is 11.0. The second-order valence-electron chi connectivity index (χ2n) is 7.70. The Hall–Kier alpha value is -4.79. The average Bonchev–Trinajstić information content (AvgIpc) is 3.27. The van der Waals surface area contributed by atoms with Crippen LogP contribution in [0, 0.1) is 0 Å². The maximum Gasteiger partial charge on any atom is 0.413 e. The number of aromatic nitrogens is 4. The summed E-state index contributed by atoms with van der Waals surface area (Å²) in [5.41, 5.74) is 4.89. The number of fused-ring (bicyclic) bond motifs is 2. The number of imidazole rings is 1. The molecule has 5 aromatic rings. The zero-order valence-electron chi connectivity index (χ0n) is 18.1. The van der Waals surface area contributed by atoms with Gasteiger partial charge in [0.2, 0.25) is 5.95 Å². The summed E-state index contributed by atoms with van der Waals surface area (Å²) in [6, 6.07) is 18.5. The first kappa shape index (κ1) is 21.1. The molecule has 0 radical (unpaired) electrons. The molecule has 2 heterocycles. The number of ether oxygens (including phenoxy) is 1. The smallest absolute Gasteiger partial charge is 0.413 e. The summed E-state index contributed by atoms with van der Waals surface area (Å²) in [5, 5.41) is 10.7. The van der Waals surface area contributed by atoms with Crippen molar-refractivity contribution in [3.8, 4) is 11.1 Å². The lowest BCUT2D eigenvalue weighted by Crippen LogP contribution is -2.11. The van der Waals surface area contributed by atoms with E-state index in [1.54, 1.807) is 12.1 Å². The van der Waals surface area contributed by atoms with Gasteiger partial charge in [-0.3, -0.25) is 14.9 Å². The molecule has 0 unspecified atom stereocenters. The van der Waals surface area contributed by atoms with Crippen LogP contribution in [0.3, 0.4) is 0 Å². The zero-order chi connectivity index (χ0) is 23.7. The van der Waals surface area contributed by atoms with E-state index in [0.29, 0.717) is 28.4 Å². The Morgan fingerprint density at radius 2 is 1.91 bits per heavy atom. The van der Waals surface area contributed by atoms with Crippen molar-refractivity contribution in [2.45, 2.75) is 6.42 Å². The average molecular weight is 453 g/mol. The fourth-order valence-electron chi connectivity index (χ4n) is 3.95. The topological polar surface area (TPSA) is 130 Å². The Balaban J connectivity index is 1.53. The molecular formula is C25H19N5O4. The molecule has 0 aliphatic carbocycles. The molecule has 0 bridgehead atoms. The van der Waals surface area contributed by atoms with Crippen molar-refractivity contribution < 1.29 is 14.3 Å². The standard InChI is InChI=1S/C25H19N5O4/c1-34-25(33)28-24-26-20-9-8-15(12-22(20)27-24)19-10-14(6-7-16(19)13-31)11-21-17-4-2-3-5-18(17)23(32)30-29-21/h2-10,12-13H,11H2,1H3,(H,30,32)(H2,26,27,28,33). The van der Waals surface area contributed by atoms with E-state index in [-0.39, 0.29) is 11.5 Å². The van der Waals surface area contributed by atoms with Crippen molar-refractivity contribution in [3.05, 3.63) is 87.8 Å². The molecule has 9 nitrogen and oxygen atoms in total. The summed E-state index contributed by atoms with van der Waals surface area (Å²) in [6.07, 6.45) is 0.662. The quantitative estimate of drug-likeness (QED) is 0.344. The molecule has 9 heteroatoms. The maximum absolute atomic E-state index is 12.1. The molecule has 3 aromatic carbocycles. The highest BCUT2D eigenvalue weighted by molar-refractivity contribution is 5.92. The lowest BCUT2D eigenvalue weighted by molar-refractivity contribution is 0.112. The maximum atomic E-state index is 12.1. The first-order valence-corrected chi connectivity index (χ1v) is 10.4. The van der Waals surface area contributed by atoms with Crippen LogP contribution in [-0.4, -0.2) is 39.7 Å². The van der Waals surface area contributed by atoms with Gasteiger partial charge in [-0.1, -0.05) is 42.5 Å². The summed E-state index contributed by atoms with van der Waals surface area (Å²) in [7, 11) is 1.27. The first-order valence-electron chi connectivity index (χ1n) is 10.4. The summed E-state index contributed by atoms with van der Waals surface area (Å²) in [6.45, 7) is 0. The van der Waals surface area contributed by atoms with E-state index in [9.17, 15) is 14.4 Å². The number of nitrogens with one attached hydrogen (secondary N) is 3. The lowest BCUT2D eigenvalue weighted by Gasteiger charge is -2.10. The van der Waals surface area contributed by atoms with E-state index in [1.807, 2.05) is 48.5 Å². The minimum atomic E-state index is -0.626. The van der Waals surface area contributed by atoms with Crippen LogP contribution in [0.2, 0.25) is 0 Å². The fraction of sp³-hybridized carbons (Fsp3) is 0.0800. The Labute approximate surface area is 192 Å². The molecule has 0 spiro atoms. The van der Waals surface area contributed by atoms with Crippen LogP contribution in [0.25, 0.3) is 32.9 Å². The monoisotopic (exact) mass is 453 g/mol. The summed E-state index contributed by atoms with van der Waals surface area (Å²) >= 11 is 0. The van der Waals surface area contributed by atoms with Crippen molar-refractivity contribution >= 4 is 40.1 Å². The van der Waals surface area contributed by atoms with Crippen molar-refractivity contribution in [2.75, 3.05) is 12.4 Å². The number of aldehydes is 1. The molecule has 0 aliphatic rings. The number of hydrogen-bond donors (Lipinski definition) is 3. The molecule has 0 saturated heterocycles. The van der Waals surface area contributed by atoms with Crippen LogP contribution in [-0.2, 0) is 11.2 Å². The molecular weight excluding hydrogens is 434 g/mol. The minimum absolute atomic E-state index is 0.231. The highest BCUT2D eigenvalue weighted by atomic mass is 16.5. The molecule has 34 heavy (non-hydrogen) atoms. The molecule has 0 aliphatic heterocycles. The highest BCUT2D eigenvalue weighted by Crippen LogP contribution is 2.29. The van der Waals surface area contributed by atoms with E-state index in [0.717, 1.165) is 34.1 Å². The van der Waals surface area contributed by atoms with Crippen LogP contribution < -0.4 is 10.9 Å². The van der Waals surface area contributed by atoms with Gasteiger partial charge in [0, 0.05) is 17.4 Å². The van der Waals surface area contributed by atoms with Crippen molar-refractivity contribution in [1.29, 1.82) is 0 Å². The number of anilines is 1. The number of benzene rings is 3. The van der Waals surface area contributed by atoms with Gasteiger partial charge in [0.1, 0.15) is 0 Å². The Morgan fingerprint density at radius 1 is 1.09 bits per heavy atom. The number of rotatable bonds is 5. The highest BCUT2D eigenvalue weighted by Gasteiger charge is 2.12. The van der Waals surface area contributed by atoms with Gasteiger partial charge in [-0.2, -0.15) is 5.10 Å². The van der Waals surface area contributed by atoms with Crippen molar-refractivity contribution in [2.24, 2.45) is 0 Å². The van der Waals surface area contributed by atoms with Crippen LogP contribution >= 0.6 is 0 Å². The summed E-state index contributed by atoms with van der Waals surface area (Å²) in [4.78, 5) is 42.7. The van der Waals surface area contributed by atoms with Crippen LogP contribution in [0.4, 0.5) is 10.7 Å². The number of carbonyl (C=O) groups is 2. The number of amides is 1. The van der Waals surface area contributed by atoms with E-state index in [4.69, 9.17) is 0 Å². The number of hydrogen-bond acceptors (Lipinski definition) is 6. The van der Waals surface area contributed by atoms with E-state index in [1.165, 1.54) is 7.11 Å². The zero-order valence-corrected chi connectivity index (χ0v) is 18.1. The second-order valence-corrected chi connectivity index (χ2v) is 7.70. The van der Waals surface area contributed by atoms with Gasteiger partial charge in [-0.25, -0.2) is 14.9 Å². The minimum Gasteiger partial charge on any atom is -0.453 e. The van der Waals surface area contributed by atoms with Crippen molar-refractivity contribution in [1.82, 2.24) is 20.2 Å². The molecule has 0 atom stereocenters.